The van der Waals surface area contributed by atoms with Gasteiger partial charge in [0.1, 0.15) is 11.9 Å². The molecule has 0 bridgehead atoms. The lowest BCUT2D eigenvalue weighted by atomic mass is 9.74. The van der Waals surface area contributed by atoms with Crippen LogP contribution in [0.25, 0.3) is 11.0 Å². The van der Waals surface area contributed by atoms with Crippen molar-refractivity contribution in [2.75, 3.05) is 0 Å². The van der Waals surface area contributed by atoms with Gasteiger partial charge in [-0.3, -0.25) is 23.9 Å². The van der Waals surface area contributed by atoms with Crippen LogP contribution in [0.15, 0.2) is 109 Å². The highest BCUT2D eigenvalue weighted by Crippen LogP contribution is 2.43. The standard InChI is InChI=1S/C30H22N4O3/c35-27(20-9-3-1-4-10-20)25-24(19-15-17-31-18-16-19)26(33-29(36)21-11-5-2-6-12-21)30(37)34-23-14-8-7-13-22(23)32-28(25)34/h1-18,24-26H,(H,33,36)/t24-,25+,26+/m1/s1. The summed E-state index contributed by atoms with van der Waals surface area (Å²) < 4.78 is 1.49. The molecule has 1 aliphatic heterocycles. The number of hydrogen-bond acceptors (Lipinski definition) is 5. The first-order valence-corrected chi connectivity index (χ1v) is 12.0. The molecule has 37 heavy (non-hydrogen) atoms. The smallest absolute Gasteiger partial charge is 0.255 e. The Morgan fingerprint density at radius 3 is 2.08 bits per heavy atom. The number of nitrogens with one attached hydrogen (secondary N) is 1. The van der Waals surface area contributed by atoms with E-state index in [0.717, 1.165) is 0 Å². The second kappa shape index (κ2) is 9.28. The van der Waals surface area contributed by atoms with E-state index >= 15 is 0 Å². The Balaban J connectivity index is 1.57. The van der Waals surface area contributed by atoms with Crippen molar-refractivity contribution in [2.24, 2.45) is 0 Å². The van der Waals surface area contributed by atoms with Crippen LogP contribution in [-0.4, -0.2) is 38.2 Å². The number of benzene rings is 3. The molecule has 7 heteroatoms. The topological polar surface area (TPSA) is 94.0 Å². The Morgan fingerprint density at radius 1 is 0.757 bits per heavy atom. The van der Waals surface area contributed by atoms with Crippen molar-refractivity contribution >= 4 is 28.6 Å². The van der Waals surface area contributed by atoms with E-state index < -0.39 is 23.8 Å². The third kappa shape index (κ3) is 3.90. The summed E-state index contributed by atoms with van der Waals surface area (Å²) in [7, 11) is 0. The number of rotatable bonds is 5. The Bertz CT molecular complexity index is 1610. The van der Waals surface area contributed by atoms with E-state index in [1.54, 1.807) is 79.1 Å². The van der Waals surface area contributed by atoms with Crippen LogP contribution in [0.5, 0.6) is 0 Å². The van der Waals surface area contributed by atoms with Crippen molar-refractivity contribution in [1.29, 1.82) is 0 Å². The van der Waals surface area contributed by atoms with Gasteiger partial charge in [0, 0.05) is 29.4 Å². The highest BCUT2D eigenvalue weighted by Gasteiger charge is 2.49. The summed E-state index contributed by atoms with van der Waals surface area (Å²) in [6.07, 6.45) is 3.25. The van der Waals surface area contributed by atoms with Gasteiger partial charge < -0.3 is 5.32 Å². The first kappa shape index (κ1) is 22.5. The molecule has 0 radical (unpaired) electrons. The minimum Gasteiger partial charge on any atom is -0.340 e. The van der Waals surface area contributed by atoms with Crippen molar-refractivity contribution < 1.29 is 14.4 Å². The van der Waals surface area contributed by atoms with Crippen LogP contribution in [0.4, 0.5) is 0 Å². The molecular weight excluding hydrogens is 464 g/mol. The summed E-state index contributed by atoms with van der Waals surface area (Å²) >= 11 is 0. The van der Waals surface area contributed by atoms with E-state index in [1.807, 2.05) is 30.3 Å². The molecule has 0 fully saturated rings. The molecule has 1 amide bonds. The highest BCUT2D eigenvalue weighted by molar-refractivity contribution is 6.07. The number of para-hydroxylation sites is 2. The Labute approximate surface area is 212 Å². The maximum absolute atomic E-state index is 14.1. The molecule has 0 saturated carbocycles. The van der Waals surface area contributed by atoms with Crippen molar-refractivity contribution in [3.05, 3.63) is 132 Å². The van der Waals surface area contributed by atoms with E-state index in [2.05, 4.69) is 10.3 Å². The molecule has 6 rings (SSSR count). The molecule has 3 heterocycles. The van der Waals surface area contributed by atoms with Gasteiger partial charge in [-0.15, -0.1) is 0 Å². The van der Waals surface area contributed by atoms with E-state index in [9.17, 15) is 14.4 Å². The molecule has 0 spiro atoms. The van der Waals surface area contributed by atoms with Crippen LogP contribution in [-0.2, 0) is 0 Å². The summed E-state index contributed by atoms with van der Waals surface area (Å²) in [5.41, 5.74) is 2.86. The summed E-state index contributed by atoms with van der Waals surface area (Å²) in [6.45, 7) is 0. The minimum absolute atomic E-state index is 0.176. The van der Waals surface area contributed by atoms with Crippen LogP contribution >= 0.6 is 0 Å². The molecule has 1 aliphatic rings. The summed E-state index contributed by atoms with van der Waals surface area (Å²) in [6, 6.07) is 27.5. The van der Waals surface area contributed by atoms with Crippen LogP contribution in [0.1, 0.15) is 48.7 Å². The lowest BCUT2D eigenvalue weighted by Gasteiger charge is -2.37. The number of imidazole rings is 1. The summed E-state index contributed by atoms with van der Waals surface area (Å²) in [5, 5.41) is 2.96. The Kier molecular flexibility index (Phi) is 5.65. The maximum atomic E-state index is 14.1. The van der Waals surface area contributed by atoms with Crippen molar-refractivity contribution in [2.45, 2.75) is 17.9 Å². The zero-order chi connectivity index (χ0) is 25.4. The average molecular weight is 487 g/mol. The Morgan fingerprint density at radius 2 is 1.38 bits per heavy atom. The molecule has 0 saturated heterocycles. The van der Waals surface area contributed by atoms with Gasteiger partial charge in [-0.25, -0.2) is 4.98 Å². The molecular formula is C30H22N4O3. The number of carbonyl (C=O) groups is 3. The van der Waals surface area contributed by atoms with Crippen molar-refractivity contribution in [1.82, 2.24) is 19.9 Å². The number of ketones is 1. The van der Waals surface area contributed by atoms with Gasteiger partial charge >= 0.3 is 0 Å². The van der Waals surface area contributed by atoms with Gasteiger partial charge in [0.05, 0.1) is 17.0 Å². The molecule has 3 atom stereocenters. The van der Waals surface area contributed by atoms with Crippen LogP contribution < -0.4 is 5.32 Å². The third-order valence-electron chi connectivity index (χ3n) is 6.82. The number of amides is 1. The van der Waals surface area contributed by atoms with Crippen molar-refractivity contribution in [3.63, 3.8) is 0 Å². The average Bonchev–Trinajstić information content (AvgIpc) is 3.35. The number of aromatic nitrogens is 3. The molecule has 0 unspecified atom stereocenters. The number of carbonyl (C=O) groups excluding carboxylic acids is 3. The first-order chi connectivity index (χ1) is 18.1. The van der Waals surface area contributed by atoms with Gasteiger partial charge in [0.25, 0.3) is 11.8 Å². The fraction of sp³-hybridized carbons (Fsp3) is 0.100. The SMILES string of the molecule is O=C(N[C@@H]1C(=O)n2c(nc3ccccc32)[C@H](C(=O)c2ccccc2)[C@H]1c1ccncc1)c1ccccc1. The predicted octanol–water partition coefficient (Wildman–Crippen LogP) is 4.63. The monoisotopic (exact) mass is 486 g/mol. The minimum atomic E-state index is -1.02. The van der Waals surface area contributed by atoms with E-state index in [0.29, 0.717) is 33.5 Å². The number of fused-ring (bicyclic) bond motifs is 3. The lowest BCUT2D eigenvalue weighted by Crippen LogP contribution is -2.53. The molecule has 7 nitrogen and oxygen atoms in total. The molecule has 3 aromatic carbocycles. The van der Waals surface area contributed by atoms with Crippen LogP contribution in [0.2, 0.25) is 0 Å². The van der Waals surface area contributed by atoms with Gasteiger partial charge in [-0.05, 0) is 42.0 Å². The zero-order valence-electron chi connectivity index (χ0n) is 19.7. The second-order valence-corrected chi connectivity index (χ2v) is 8.96. The largest absolute Gasteiger partial charge is 0.340 e. The van der Waals surface area contributed by atoms with Crippen LogP contribution in [0.3, 0.4) is 0 Å². The van der Waals surface area contributed by atoms with Gasteiger partial charge in [0.2, 0.25) is 0 Å². The van der Waals surface area contributed by atoms with E-state index in [1.165, 1.54) is 4.57 Å². The van der Waals surface area contributed by atoms with Crippen LogP contribution in [0, 0.1) is 0 Å². The fourth-order valence-corrected chi connectivity index (χ4v) is 5.13. The normalized spacial score (nSPS) is 18.8. The van der Waals surface area contributed by atoms with Crippen molar-refractivity contribution in [3.8, 4) is 0 Å². The number of hydrogen-bond donors (Lipinski definition) is 1. The van der Waals surface area contributed by atoms with Gasteiger partial charge in [0.15, 0.2) is 5.78 Å². The highest BCUT2D eigenvalue weighted by atomic mass is 16.2. The van der Waals surface area contributed by atoms with Gasteiger partial charge in [-0.2, -0.15) is 0 Å². The first-order valence-electron chi connectivity index (χ1n) is 12.0. The lowest BCUT2D eigenvalue weighted by molar-refractivity contribution is 0.0727. The summed E-state index contributed by atoms with van der Waals surface area (Å²) in [5.74, 6) is -2.06. The second-order valence-electron chi connectivity index (χ2n) is 8.96. The number of Topliss-reactive ketones (excluding diaryl/α,β-unsaturated/α-hetero) is 1. The number of pyridine rings is 1. The third-order valence-corrected chi connectivity index (χ3v) is 6.82. The van der Waals surface area contributed by atoms with Gasteiger partial charge in [-0.1, -0.05) is 60.7 Å². The maximum Gasteiger partial charge on any atom is 0.255 e. The zero-order valence-corrected chi connectivity index (χ0v) is 19.7. The molecule has 0 aliphatic carbocycles. The predicted molar refractivity (Wildman–Crippen MR) is 139 cm³/mol. The number of nitrogens with zero attached hydrogens (tertiary/aromatic N) is 3. The molecule has 180 valence electrons. The Hall–Kier alpha value is -4.91. The fourth-order valence-electron chi connectivity index (χ4n) is 5.13. The van der Waals surface area contributed by atoms with E-state index in [4.69, 9.17) is 4.98 Å². The van der Waals surface area contributed by atoms with E-state index in [-0.39, 0.29) is 11.7 Å². The molecule has 2 aromatic heterocycles. The summed E-state index contributed by atoms with van der Waals surface area (Å²) in [4.78, 5) is 50.5. The molecule has 5 aromatic rings. The molecule has 1 N–H and O–H groups in total. The quantitative estimate of drug-likeness (QED) is 0.366.